The molecule has 1 aromatic heterocycles. The lowest BCUT2D eigenvalue weighted by Gasteiger charge is -2.37. The van der Waals surface area contributed by atoms with Crippen molar-refractivity contribution in [1.82, 2.24) is 9.97 Å². The highest BCUT2D eigenvalue weighted by molar-refractivity contribution is 5.72. The summed E-state index contributed by atoms with van der Waals surface area (Å²) in [6.45, 7) is 2.36. The first-order valence-corrected chi connectivity index (χ1v) is 8.04. The van der Waals surface area contributed by atoms with E-state index in [9.17, 15) is 14.3 Å². The molecule has 1 fully saturated rings. The van der Waals surface area contributed by atoms with Gasteiger partial charge in [0.1, 0.15) is 11.6 Å². The van der Waals surface area contributed by atoms with Crippen LogP contribution < -0.4 is 16.4 Å². The van der Waals surface area contributed by atoms with E-state index in [4.69, 9.17) is 11.5 Å². The standard InChI is InChI=1S/C17H20FN5O2/c1-9-2-3-11(16(24)25)8-23(9)15-7-14(21-17(20)22-15)10-4-5-13(19)12(18)6-10/h4-7,9,11H,2-3,8,19H2,1H3,(H,24,25)(H2,20,21,22)/t9-,11+/m1/s1. The van der Waals surface area contributed by atoms with Gasteiger partial charge in [-0.3, -0.25) is 4.79 Å². The van der Waals surface area contributed by atoms with Crippen molar-refractivity contribution in [3.05, 3.63) is 30.1 Å². The summed E-state index contributed by atoms with van der Waals surface area (Å²) in [5.41, 5.74) is 12.4. The van der Waals surface area contributed by atoms with Crippen molar-refractivity contribution in [2.24, 2.45) is 5.92 Å². The second-order valence-corrected chi connectivity index (χ2v) is 6.32. The van der Waals surface area contributed by atoms with E-state index in [2.05, 4.69) is 9.97 Å². The minimum atomic E-state index is -0.820. The monoisotopic (exact) mass is 345 g/mol. The van der Waals surface area contributed by atoms with Crippen molar-refractivity contribution < 1.29 is 14.3 Å². The number of hydrogen-bond donors (Lipinski definition) is 3. The molecule has 0 saturated carbocycles. The summed E-state index contributed by atoms with van der Waals surface area (Å²) in [7, 11) is 0. The molecule has 2 atom stereocenters. The van der Waals surface area contributed by atoms with E-state index in [-0.39, 0.29) is 17.7 Å². The zero-order valence-corrected chi connectivity index (χ0v) is 13.8. The number of piperidine rings is 1. The number of rotatable bonds is 3. The number of aromatic nitrogens is 2. The fourth-order valence-electron chi connectivity index (χ4n) is 3.06. The van der Waals surface area contributed by atoms with Gasteiger partial charge in [0, 0.05) is 24.2 Å². The number of aliphatic carboxylic acids is 1. The van der Waals surface area contributed by atoms with Crippen molar-refractivity contribution in [2.75, 3.05) is 22.9 Å². The molecule has 0 radical (unpaired) electrons. The molecule has 0 spiro atoms. The quantitative estimate of drug-likeness (QED) is 0.729. The first-order valence-electron chi connectivity index (χ1n) is 8.04. The van der Waals surface area contributed by atoms with Gasteiger partial charge in [0.25, 0.3) is 0 Å². The highest BCUT2D eigenvalue weighted by Gasteiger charge is 2.31. The summed E-state index contributed by atoms with van der Waals surface area (Å²) in [6, 6.07) is 6.24. The molecule has 3 rings (SSSR count). The van der Waals surface area contributed by atoms with Crippen LogP contribution in [0.4, 0.5) is 21.8 Å². The summed E-state index contributed by atoms with van der Waals surface area (Å²) in [5, 5.41) is 9.30. The van der Waals surface area contributed by atoms with E-state index in [1.807, 2.05) is 11.8 Å². The summed E-state index contributed by atoms with van der Waals surface area (Å²) in [6.07, 6.45) is 1.37. The number of nitrogens with two attached hydrogens (primary N) is 2. The maximum absolute atomic E-state index is 13.7. The number of hydrogen-bond acceptors (Lipinski definition) is 6. The van der Waals surface area contributed by atoms with E-state index in [0.717, 1.165) is 6.42 Å². The van der Waals surface area contributed by atoms with Gasteiger partial charge < -0.3 is 21.5 Å². The second kappa shape index (κ2) is 6.54. The molecule has 1 aromatic carbocycles. The third-order valence-corrected chi connectivity index (χ3v) is 4.55. The highest BCUT2D eigenvalue weighted by atomic mass is 19.1. The van der Waals surface area contributed by atoms with Gasteiger partial charge in [0.15, 0.2) is 0 Å². The SMILES string of the molecule is C[C@@H]1CC[C@H](C(=O)O)CN1c1cc(-c2ccc(N)c(F)c2)nc(N)n1. The maximum Gasteiger partial charge on any atom is 0.308 e. The van der Waals surface area contributed by atoms with E-state index >= 15 is 0 Å². The number of benzene rings is 1. The fraction of sp³-hybridized carbons (Fsp3) is 0.353. The van der Waals surface area contributed by atoms with Crippen molar-refractivity contribution in [2.45, 2.75) is 25.8 Å². The first kappa shape index (κ1) is 16.9. The van der Waals surface area contributed by atoms with Crippen LogP contribution in [0.15, 0.2) is 24.3 Å². The Bertz CT molecular complexity index is 814. The van der Waals surface area contributed by atoms with Crippen LogP contribution in [0.1, 0.15) is 19.8 Å². The normalized spacial score (nSPS) is 20.5. The number of nitrogen functional groups attached to an aromatic ring is 2. The molecule has 0 unspecified atom stereocenters. The lowest BCUT2D eigenvalue weighted by molar-refractivity contribution is -0.142. The predicted molar refractivity (Wildman–Crippen MR) is 93.4 cm³/mol. The lowest BCUT2D eigenvalue weighted by Crippen LogP contribution is -2.44. The maximum atomic E-state index is 13.7. The van der Waals surface area contributed by atoms with Crippen molar-refractivity contribution >= 4 is 23.4 Å². The average Bonchev–Trinajstić information content (AvgIpc) is 2.57. The van der Waals surface area contributed by atoms with E-state index in [1.54, 1.807) is 12.1 Å². The zero-order chi connectivity index (χ0) is 18.1. The van der Waals surface area contributed by atoms with Gasteiger partial charge in [-0.1, -0.05) is 6.07 Å². The second-order valence-electron chi connectivity index (χ2n) is 6.32. The Morgan fingerprint density at radius 1 is 1.28 bits per heavy atom. The molecule has 1 saturated heterocycles. The minimum Gasteiger partial charge on any atom is -0.481 e. The van der Waals surface area contributed by atoms with Gasteiger partial charge in [-0.2, -0.15) is 4.98 Å². The topological polar surface area (TPSA) is 118 Å². The van der Waals surface area contributed by atoms with Crippen LogP contribution in [0.5, 0.6) is 0 Å². The molecule has 0 aliphatic carbocycles. The Morgan fingerprint density at radius 3 is 2.72 bits per heavy atom. The Morgan fingerprint density at radius 2 is 2.04 bits per heavy atom. The van der Waals surface area contributed by atoms with E-state index < -0.39 is 17.7 Å². The lowest BCUT2D eigenvalue weighted by atomic mass is 9.93. The van der Waals surface area contributed by atoms with Crippen LogP contribution >= 0.6 is 0 Å². The van der Waals surface area contributed by atoms with Crippen LogP contribution in [0.2, 0.25) is 0 Å². The molecule has 8 heteroatoms. The number of anilines is 3. The number of carbonyl (C=O) groups is 1. The Hall–Kier alpha value is -2.90. The van der Waals surface area contributed by atoms with Crippen LogP contribution in [0, 0.1) is 11.7 Å². The molecular weight excluding hydrogens is 325 g/mol. The summed E-state index contributed by atoms with van der Waals surface area (Å²) < 4.78 is 13.7. The highest BCUT2D eigenvalue weighted by Crippen LogP contribution is 2.30. The minimum absolute atomic E-state index is 0.0504. The number of nitrogens with zero attached hydrogens (tertiary/aromatic N) is 3. The molecule has 25 heavy (non-hydrogen) atoms. The van der Waals surface area contributed by atoms with Gasteiger partial charge in [-0.15, -0.1) is 0 Å². The van der Waals surface area contributed by atoms with Crippen LogP contribution in [0.25, 0.3) is 11.3 Å². The van der Waals surface area contributed by atoms with Gasteiger partial charge in [-0.05, 0) is 31.9 Å². The molecule has 1 aliphatic heterocycles. The third kappa shape index (κ3) is 3.47. The fourth-order valence-corrected chi connectivity index (χ4v) is 3.06. The third-order valence-electron chi connectivity index (χ3n) is 4.55. The van der Waals surface area contributed by atoms with Crippen molar-refractivity contribution in [3.8, 4) is 11.3 Å². The first-order chi connectivity index (χ1) is 11.8. The zero-order valence-electron chi connectivity index (χ0n) is 13.8. The molecule has 1 aliphatic rings. The van der Waals surface area contributed by atoms with Gasteiger partial charge in [0.05, 0.1) is 17.3 Å². The average molecular weight is 345 g/mol. The number of carboxylic acids is 1. The number of halogens is 1. The van der Waals surface area contributed by atoms with Crippen molar-refractivity contribution in [1.29, 1.82) is 0 Å². The van der Waals surface area contributed by atoms with E-state index in [0.29, 0.717) is 30.0 Å². The Balaban J connectivity index is 1.98. The molecule has 0 bridgehead atoms. The number of carboxylic acid groups (broad SMARTS) is 1. The Kier molecular flexibility index (Phi) is 4.43. The summed E-state index contributed by atoms with van der Waals surface area (Å²) in [4.78, 5) is 21.7. The van der Waals surface area contributed by atoms with Crippen LogP contribution in [-0.4, -0.2) is 33.6 Å². The summed E-state index contributed by atoms with van der Waals surface area (Å²) >= 11 is 0. The summed E-state index contributed by atoms with van der Waals surface area (Å²) in [5.74, 6) is -1.22. The van der Waals surface area contributed by atoms with Gasteiger partial charge in [0.2, 0.25) is 5.95 Å². The molecule has 7 nitrogen and oxygen atoms in total. The van der Waals surface area contributed by atoms with Gasteiger partial charge in [-0.25, -0.2) is 9.37 Å². The Labute approximate surface area is 144 Å². The molecule has 5 N–H and O–H groups in total. The molecule has 2 heterocycles. The van der Waals surface area contributed by atoms with Crippen LogP contribution in [-0.2, 0) is 4.79 Å². The van der Waals surface area contributed by atoms with E-state index in [1.165, 1.54) is 12.1 Å². The van der Waals surface area contributed by atoms with Crippen molar-refractivity contribution in [3.63, 3.8) is 0 Å². The molecule has 0 amide bonds. The molecule has 2 aromatic rings. The predicted octanol–water partition coefficient (Wildman–Crippen LogP) is 2.14. The smallest absolute Gasteiger partial charge is 0.308 e. The molecular formula is C17H20FN5O2. The van der Waals surface area contributed by atoms with Crippen LogP contribution in [0.3, 0.4) is 0 Å². The molecule has 132 valence electrons. The van der Waals surface area contributed by atoms with Gasteiger partial charge >= 0.3 is 5.97 Å². The largest absolute Gasteiger partial charge is 0.481 e.